The van der Waals surface area contributed by atoms with E-state index in [1.807, 2.05) is 0 Å². The molecule has 0 saturated carbocycles. The number of carbonyl (C=O) groups excluding carboxylic acids is 1. The standard InChI is InChI=1S/C11H20O6/c1-10(2)15-6-11(3,7-16-10)9(14)17-8(4-12)5-13/h8,12-13H,4-7H2,1-3H3. The first-order valence-corrected chi connectivity index (χ1v) is 5.54. The third-order valence-corrected chi connectivity index (χ3v) is 2.65. The summed E-state index contributed by atoms with van der Waals surface area (Å²) in [7, 11) is 0. The van der Waals surface area contributed by atoms with Gasteiger partial charge in [-0.1, -0.05) is 0 Å². The molecule has 0 aromatic rings. The lowest BCUT2D eigenvalue weighted by Gasteiger charge is -2.40. The summed E-state index contributed by atoms with van der Waals surface area (Å²) in [6.45, 7) is 4.74. The Balaban J connectivity index is 2.57. The summed E-state index contributed by atoms with van der Waals surface area (Å²) < 4.78 is 15.8. The van der Waals surface area contributed by atoms with E-state index < -0.39 is 36.5 Å². The first kappa shape index (κ1) is 14.4. The molecule has 0 aromatic heterocycles. The van der Waals surface area contributed by atoms with Crippen molar-refractivity contribution in [2.75, 3.05) is 26.4 Å². The second kappa shape index (κ2) is 5.30. The monoisotopic (exact) mass is 248 g/mol. The highest BCUT2D eigenvalue weighted by atomic mass is 16.7. The van der Waals surface area contributed by atoms with Crippen molar-refractivity contribution in [1.29, 1.82) is 0 Å². The van der Waals surface area contributed by atoms with Crippen LogP contribution in [-0.2, 0) is 19.0 Å². The van der Waals surface area contributed by atoms with Gasteiger partial charge in [-0.05, 0) is 20.8 Å². The van der Waals surface area contributed by atoms with Crippen LogP contribution in [0.2, 0.25) is 0 Å². The van der Waals surface area contributed by atoms with Crippen molar-refractivity contribution in [3.8, 4) is 0 Å². The van der Waals surface area contributed by atoms with E-state index in [2.05, 4.69) is 0 Å². The number of ether oxygens (including phenoxy) is 3. The zero-order valence-electron chi connectivity index (χ0n) is 10.4. The van der Waals surface area contributed by atoms with Crippen molar-refractivity contribution in [2.45, 2.75) is 32.7 Å². The molecule has 1 aliphatic rings. The minimum atomic E-state index is -0.905. The quantitative estimate of drug-likeness (QED) is 0.663. The Hall–Kier alpha value is -0.690. The summed E-state index contributed by atoms with van der Waals surface area (Å²) in [6, 6.07) is 0. The number of aliphatic hydroxyl groups is 2. The van der Waals surface area contributed by atoms with Crippen LogP contribution in [0.25, 0.3) is 0 Å². The van der Waals surface area contributed by atoms with Crippen molar-refractivity contribution in [3.63, 3.8) is 0 Å². The summed E-state index contributed by atoms with van der Waals surface area (Å²) in [5, 5.41) is 17.7. The van der Waals surface area contributed by atoms with E-state index in [-0.39, 0.29) is 13.2 Å². The van der Waals surface area contributed by atoms with Gasteiger partial charge in [-0.25, -0.2) is 0 Å². The third kappa shape index (κ3) is 3.64. The van der Waals surface area contributed by atoms with Crippen molar-refractivity contribution in [1.82, 2.24) is 0 Å². The molecular weight excluding hydrogens is 228 g/mol. The number of rotatable bonds is 4. The SMILES string of the molecule is CC1(C)OCC(C)(C(=O)OC(CO)CO)CO1. The molecule has 0 radical (unpaired) electrons. The Bertz CT molecular complexity index is 261. The Kier molecular flexibility index (Phi) is 4.48. The van der Waals surface area contributed by atoms with Gasteiger partial charge in [-0.2, -0.15) is 0 Å². The van der Waals surface area contributed by atoms with Crippen molar-refractivity contribution in [2.24, 2.45) is 5.41 Å². The smallest absolute Gasteiger partial charge is 0.316 e. The largest absolute Gasteiger partial charge is 0.457 e. The molecule has 0 aromatic carbocycles. The fourth-order valence-electron chi connectivity index (χ4n) is 1.29. The average Bonchev–Trinajstić information content (AvgIpc) is 2.30. The van der Waals surface area contributed by atoms with Crippen LogP contribution in [0.3, 0.4) is 0 Å². The highest BCUT2D eigenvalue weighted by molar-refractivity contribution is 5.77. The molecule has 1 fully saturated rings. The van der Waals surface area contributed by atoms with Crippen LogP contribution in [0.5, 0.6) is 0 Å². The van der Waals surface area contributed by atoms with Gasteiger partial charge in [-0.3, -0.25) is 4.79 Å². The van der Waals surface area contributed by atoms with Crippen LogP contribution in [0.15, 0.2) is 0 Å². The van der Waals surface area contributed by atoms with E-state index in [4.69, 9.17) is 24.4 Å². The fourth-order valence-corrected chi connectivity index (χ4v) is 1.29. The first-order chi connectivity index (χ1) is 7.83. The van der Waals surface area contributed by atoms with Crippen LogP contribution in [-0.4, -0.2) is 54.5 Å². The van der Waals surface area contributed by atoms with Gasteiger partial charge in [0.05, 0.1) is 26.4 Å². The fraction of sp³-hybridized carbons (Fsp3) is 0.909. The average molecular weight is 248 g/mol. The molecule has 6 heteroatoms. The maximum absolute atomic E-state index is 11.9. The predicted molar refractivity (Wildman–Crippen MR) is 58.1 cm³/mol. The summed E-state index contributed by atoms with van der Waals surface area (Å²) in [4.78, 5) is 11.9. The normalized spacial score (nSPS) is 22.5. The van der Waals surface area contributed by atoms with E-state index in [0.29, 0.717) is 0 Å². The molecule has 0 unspecified atom stereocenters. The molecule has 0 bridgehead atoms. The van der Waals surface area contributed by atoms with Gasteiger partial charge in [0.2, 0.25) is 0 Å². The molecule has 0 aliphatic carbocycles. The van der Waals surface area contributed by atoms with E-state index >= 15 is 0 Å². The zero-order chi connectivity index (χ0) is 13.1. The van der Waals surface area contributed by atoms with Gasteiger partial charge < -0.3 is 24.4 Å². The topological polar surface area (TPSA) is 85.2 Å². The molecule has 1 aliphatic heterocycles. The maximum Gasteiger partial charge on any atom is 0.316 e. The summed E-state index contributed by atoms with van der Waals surface area (Å²) >= 11 is 0. The molecule has 1 saturated heterocycles. The molecule has 100 valence electrons. The molecule has 2 N–H and O–H groups in total. The van der Waals surface area contributed by atoms with E-state index in [9.17, 15) is 4.79 Å². The van der Waals surface area contributed by atoms with Gasteiger partial charge in [0.15, 0.2) is 5.79 Å². The zero-order valence-corrected chi connectivity index (χ0v) is 10.4. The highest BCUT2D eigenvalue weighted by Gasteiger charge is 2.44. The summed E-state index contributed by atoms with van der Waals surface area (Å²) in [5.41, 5.74) is -0.905. The Labute approximate surface area is 100 Å². The molecular formula is C11H20O6. The Morgan fingerprint density at radius 2 is 1.71 bits per heavy atom. The lowest BCUT2D eigenvalue weighted by molar-refractivity contribution is -0.282. The third-order valence-electron chi connectivity index (χ3n) is 2.65. The maximum atomic E-state index is 11.9. The predicted octanol–water partition coefficient (Wildman–Crippen LogP) is -0.328. The number of aliphatic hydroxyl groups excluding tert-OH is 2. The number of esters is 1. The van der Waals surface area contributed by atoms with Gasteiger partial charge in [0.25, 0.3) is 0 Å². The molecule has 0 amide bonds. The molecule has 1 heterocycles. The number of hydrogen-bond donors (Lipinski definition) is 2. The summed E-state index contributed by atoms with van der Waals surface area (Å²) in [5.74, 6) is -1.24. The first-order valence-electron chi connectivity index (χ1n) is 5.54. The van der Waals surface area contributed by atoms with Crippen LogP contribution >= 0.6 is 0 Å². The molecule has 17 heavy (non-hydrogen) atoms. The van der Waals surface area contributed by atoms with Crippen LogP contribution in [0, 0.1) is 5.41 Å². The van der Waals surface area contributed by atoms with Gasteiger partial charge in [-0.15, -0.1) is 0 Å². The minimum Gasteiger partial charge on any atom is -0.457 e. The van der Waals surface area contributed by atoms with Gasteiger partial charge in [0, 0.05) is 0 Å². The van der Waals surface area contributed by atoms with Gasteiger partial charge in [0.1, 0.15) is 11.5 Å². The minimum absolute atomic E-state index is 0.183. The van der Waals surface area contributed by atoms with Crippen LogP contribution < -0.4 is 0 Å². The van der Waals surface area contributed by atoms with Crippen LogP contribution in [0.1, 0.15) is 20.8 Å². The molecule has 1 rings (SSSR count). The molecule has 6 nitrogen and oxygen atoms in total. The van der Waals surface area contributed by atoms with Crippen molar-refractivity contribution in [3.05, 3.63) is 0 Å². The number of hydrogen-bond acceptors (Lipinski definition) is 6. The second-order valence-electron chi connectivity index (χ2n) is 4.93. The van der Waals surface area contributed by atoms with E-state index in [1.54, 1.807) is 20.8 Å². The second-order valence-corrected chi connectivity index (χ2v) is 4.93. The van der Waals surface area contributed by atoms with Crippen LogP contribution in [0.4, 0.5) is 0 Å². The Morgan fingerprint density at radius 1 is 1.24 bits per heavy atom. The van der Waals surface area contributed by atoms with E-state index in [0.717, 1.165) is 0 Å². The van der Waals surface area contributed by atoms with E-state index in [1.165, 1.54) is 0 Å². The van der Waals surface area contributed by atoms with Gasteiger partial charge >= 0.3 is 5.97 Å². The highest BCUT2D eigenvalue weighted by Crippen LogP contribution is 2.30. The summed E-state index contributed by atoms with van der Waals surface area (Å²) in [6.07, 6.45) is -0.894. The lowest BCUT2D eigenvalue weighted by Crippen LogP contribution is -2.50. The Morgan fingerprint density at radius 3 is 2.12 bits per heavy atom. The number of carbonyl (C=O) groups is 1. The van der Waals surface area contributed by atoms with Crippen molar-refractivity contribution >= 4 is 5.97 Å². The molecule has 0 atom stereocenters. The lowest BCUT2D eigenvalue weighted by atomic mass is 9.92. The molecule has 0 spiro atoms. The van der Waals surface area contributed by atoms with Crippen molar-refractivity contribution < 1.29 is 29.2 Å².